The van der Waals surface area contributed by atoms with Crippen LogP contribution in [-0.2, 0) is 4.79 Å². The van der Waals surface area contributed by atoms with Gasteiger partial charge in [0.25, 0.3) is 0 Å². The summed E-state index contributed by atoms with van der Waals surface area (Å²) in [6, 6.07) is 5.39. The Balaban J connectivity index is 1.93. The maximum absolute atomic E-state index is 12.1. The maximum Gasteiger partial charge on any atom is 0.319 e. The zero-order valence-electron chi connectivity index (χ0n) is 14.0. The Hall–Kier alpha value is -2.04. The molecule has 1 aliphatic rings. The number of rotatable bonds is 2. The lowest BCUT2D eigenvalue weighted by Gasteiger charge is -2.32. The summed E-state index contributed by atoms with van der Waals surface area (Å²) in [5, 5.41) is 5.71. The van der Waals surface area contributed by atoms with Crippen LogP contribution in [0.3, 0.4) is 0 Å². The molecule has 5 nitrogen and oxygen atoms in total. The number of anilines is 1. The van der Waals surface area contributed by atoms with Crippen molar-refractivity contribution in [2.45, 2.75) is 52.6 Å². The summed E-state index contributed by atoms with van der Waals surface area (Å²) >= 11 is 0. The molecule has 3 amide bonds. The molecule has 1 atom stereocenters. The molecule has 0 aliphatic carbocycles. The van der Waals surface area contributed by atoms with Gasteiger partial charge in [0.2, 0.25) is 5.91 Å². The van der Waals surface area contributed by atoms with Crippen molar-refractivity contribution >= 4 is 17.6 Å². The molecule has 0 radical (unpaired) electrons. The predicted octanol–water partition coefficient (Wildman–Crippen LogP) is 2.82. The van der Waals surface area contributed by atoms with Crippen LogP contribution < -0.4 is 10.6 Å². The summed E-state index contributed by atoms with van der Waals surface area (Å²) in [7, 11) is 0. The third-order valence-electron chi connectivity index (χ3n) is 4.03. The van der Waals surface area contributed by atoms with Crippen LogP contribution in [0.4, 0.5) is 10.5 Å². The Morgan fingerprint density at radius 3 is 2.45 bits per heavy atom. The number of carbonyl (C=O) groups excluding carboxylic acids is 2. The lowest BCUT2D eigenvalue weighted by Crippen LogP contribution is -2.45. The van der Waals surface area contributed by atoms with E-state index in [2.05, 4.69) is 10.6 Å². The van der Waals surface area contributed by atoms with E-state index in [-0.39, 0.29) is 23.5 Å². The highest BCUT2D eigenvalue weighted by Crippen LogP contribution is 2.22. The van der Waals surface area contributed by atoms with E-state index >= 15 is 0 Å². The molecule has 5 heteroatoms. The molecule has 2 rings (SSSR count). The molecule has 22 heavy (non-hydrogen) atoms. The van der Waals surface area contributed by atoms with Gasteiger partial charge in [0.05, 0.1) is 6.04 Å². The number of likely N-dealkylation sites (tertiary alicyclic amines) is 1. The highest BCUT2D eigenvalue weighted by Gasteiger charge is 2.36. The van der Waals surface area contributed by atoms with Gasteiger partial charge >= 0.3 is 6.03 Å². The maximum atomic E-state index is 12.1. The number of nitrogens with zero attached hydrogens (tertiary/aromatic N) is 1. The quantitative estimate of drug-likeness (QED) is 0.882. The largest absolute Gasteiger partial charge is 0.336 e. The van der Waals surface area contributed by atoms with Gasteiger partial charge in [-0.3, -0.25) is 4.79 Å². The molecule has 1 saturated heterocycles. The Morgan fingerprint density at radius 2 is 1.91 bits per heavy atom. The minimum Gasteiger partial charge on any atom is -0.336 e. The van der Waals surface area contributed by atoms with E-state index in [0.717, 1.165) is 11.3 Å². The summed E-state index contributed by atoms with van der Waals surface area (Å²) in [5.74, 6) is 0.0870. The lowest BCUT2D eigenvalue weighted by molar-refractivity contribution is -0.131. The summed E-state index contributed by atoms with van der Waals surface area (Å²) in [6.07, 6.45) is 0.359. The van der Waals surface area contributed by atoms with Gasteiger partial charge in [0.1, 0.15) is 0 Å². The Kier molecular flexibility index (Phi) is 4.44. The summed E-state index contributed by atoms with van der Waals surface area (Å²) in [6.45, 7) is 10.6. The van der Waals surface area contributed by atoms with Gasteiger partial charge < -0.3 is 15.5 Å². The highest BCUT2D eigenvalue weighted by molar-refractivity contribution is 5.90. The van der Waals surface area contributed by atoms with Crippen LogP contribution in [-0.4, -0.2) is 35.0 Å². The molecule has 0 bridgehead atoms. The molecule has 0 aromatic heterocycles. The monoisotopic (exact) mass is 303 g/mol. The van der Waals surface area contributed by atoms with Crippen LogP contribution in [0.2, 0.25) is 0 Å². The van der Waals surface area contributed by atoms with Crippen molar-refractivity contribution in [2.24, 2.45) is 0 Å². The van der Waals surface area contributed by atoms with Gasteiger partial charge in [-0.1, -0.05) is 6.07 Å². The fraction of sp³-hybridized carbons (Fsp3) is 0.529. The molecule has 1 aromatic carbocycles. The number of aryl methyl sites for hydroxylation is 2. The molecule has 0 spiro atoms. The SMILES string of the molecule is Cc1ccc(NC(=O)NC2CC(=O)N(C(C)(C)C)C2)cc1C. The number of carbonyl (C=O) groups is 2. The molecule has 1 aromatic rings. The van der Waals surface area contributed by atoms with Crippen LogP contribution in [0.15, 0.2) is 18.2 Å². The topological polar surface area (TPSA) is 61.4 Å². The minimum absolute atomic E-state index is 0.0870. The molecule has 1 heterocycles. The predicted molar refractivity (Wildman–Crippen MR) is 87.9 cm³/mol. The first-order chi connectivity index (χ1) is 10.2. The van der Waals surface area contributed by atoms with Crippen LogP contribution in [0.5, 0.6) is 0 Å². The van der Waals surface area contributed by atoms with Crippen molar-refractivity contribution in [1.29, 1.82) is 0 Å². The van der Waals surface area contributed by atoms with E-state index in [4.69, 9.17) is 0 Å². The van der Waals surface area contributed by atoms with Gasteiger partial charge in [-0.2, -0.15) is 0 Å². The van der Waals surface area contributed by atoms with Crippen LogP contribution in [0.1, 0.15) is 38.3 Å². The molecule has 1 aliphatic heterocycles. The molecular formula is C17H25N3O2. The van der Waals surface area contributed by atoms with E-state index < -0.39 is 0 Å². The van der Waals surface area contributed by atoms with Gasteiger partial charge in [-0.25, -0.2) is 4.79 Å². The molecule has 1 fully saturated rings. The second-order valence-electron chi connectivity index (χ2n) is 6.97. The van der Waals surface area contributed by atoms with E-state index in [0.29, 0.717) is 13.0 Å². The van der Waals surface area contributed by atoms with Crippen molar-refractivity contribution < 1.29 is 9.59 Å². The van der Waals surface area contributed by atoms with Crippen LogP contribution in [0, 0.1) is 13.8 Å². The number of hydrogen-bond acceptors (Lipinski definition) is 2. The van der Waals surface area contributed by atoms with Crippen molar-refractivity contribution in [3.63, 3.8) is 0 Å². The minimum atomic E-state index is -0.267. The zero-order chi connectivity index (χ0) is 16.5. The van der Waals surface area contributed by atoms with Gasteiger partial charge in [-0.15, -0.1) is 0 Å². The van der Waals surface area contributed by atoms with Crippen molar-refractivity contribution in [3.8, 4) is 0 Å². The van der Waals surface area contributed by atoms with Crippen molar-refractivity contribution in [1.82, 2.24) is 10.2 Å². The van der Waals surface area contributed by atoms with Crippen molar-refractivity contribution in [3.05, 3.63) is 29.3 Å². The molecular weight excluding hydrogens is 278 g/mol. The van der Waals surface area contributed by atoms with Gasteiger partial charge in [0, 0.05) is 24.2 Å². The first-order valence-corrected chi connectivity index (χ1v) is 7.62. The van der Waals surface area contributed by atoms with Crippen LogP contribution in [0.25, 0.3) is 0 Å². The third-order valence-corrected chi connectivity index (χ3v) is 4.03. The summed E-state index contributed by atoms with van der Waals surface area (Å²) in [4.78, 5) is 25.9. The normalized spacial score (nSPS) is 18.5. The smallest absolute Gasteiger partial charge is 0.319 e. The Morgan fingerprint density at radius 1 is 1.23 bits per heavy atom. The Labute approximate surface area is 132 Å². The van der Waals surface area contributed by atoms with Gasteiger partial charge in [0.15, 0.2) is 0 Å². The molecule has 1 unspecified atom stereocenters. The van der Waals surface area contributed by atoms with E-state index in [9.17, 15) is 9.59 Å². The van der Waals surface area contributed by atoms with E-state index in [1.54, 1.807) is 0 Å². The van der Waals surface area contributed by atoms with E-state index in [1.165, 1.54) is 5.56 Å². The average molecular weight is 303 g/mol. The summed E-state index contributed by atoms with van der Waals surface area (Å²) in [5.41, 5.74) is 2.87. The first kappa shape index (κ1) is 16.3. The number of benzene rings is 1. The summed E-state index contributed by atoms with van der Waals surface area (Å²) < 4.78 is 0. The molecule has 0 saturated carbocycles. The first-order valence-electron chi connectivity index (χ1n) is 7.62. The number of nitrogens with one attached hydrogen (secondary N) is 2. The standard InChI is InChI=1S/C17H25N3O2/c1-11-6-7-13(8-12(11)2)18-16(22)19-14-9-15(21)20(10-14)17(3,4)5/h6-8,14H,9-10H2,1-5H3,(H2,18,19,22). The molecule has 120 valence electrons. The second-order valence-corrected chi connectivity index (χ2v) is 6.97. The third kappa shape index (κ3) is 3.78. The Bertz CT molecular complexity index is 590. The average Bonchev–Trinajstić information content (AvgIpc) is 2.74. The van der Waals surface area contributed by atoms with Crippen LogP contribution >= 0.6 is 0 Å². The fourth-order valence-corrected chi connectivity index (χ4v) is 2.62. The number of amides is 3. The number of hydrogen-bond donors (Lipinski definition) is 2. The van der Waals surface area contributed by atoms with Crippen molar-refractivity contribution in [2.75, 3.05) is 11.9 Å². The van der Waals surface area contributed by atoms with Gasteiger partial charge in [-0.05, 0) is 57.9 Å². The highest BCUT2D eigenvalue weighted by atomic mass is 16.2. The fourth-order valence-electron chi connectivity index (χ4n) is 2.62. The lowest BCUT2D eigenvalue weighted by atomic mass is 10.1. The second kappa shape index (κ2) is 5.99. The molecule has 2 N–H and O–H groups in total. The number of urea groups is 1. The zero-order valence-corrected chi connectivity index (χ0v) is 14.0. The van der Waals surface area contributed by atoms with E-state index in [1.807, 2.05) is 57.7 Å².